The van der Waals surface area contributed by atoms with Gasteiger partial charge in [0.1, 0.15) is 0 Å². The quantitative estimate of drug-likeness (QED) is 0.349. The Morgan fingerprint density at radius 1 is 0.966 bits per heavy atom. The second-order valence-corrected chi connectivity index (χ2v) is 8.44. The molecular weight excluding hydrogens is 448 g/mol. The zero-order valence-corrected chi connectivity index (χ0v) is 17.9. The van der Waals surface area contributed by atoms with Gasteiger partial charge in [0.2, 0.25) is 0 Å². The molecule has 1 atom stereocenters. The number of aromatic nitrogens is 1. The van der Waals surface area contributed by atoms with Crippen molar-refractivity contribution < 1.29 is 4.79 Å². The van der Waals surface area contributed by atoms with Gasteiger partial charge in [-0.3, -0.25) is 4.79 Å². The van der Waals surface area contributed by atoms with E-state index in [0.29, 0.717) is 12.4 Å². The number of H-pyrrole nitrogens is 1. The van der Waals surface area contributed by atoms with Crippen LogP contribution in [0.25, 0.3) is 22.2 Å². The first kappa shape index (κ1) is 18.5. The van der Waals surface area contributed by atoms with E-state index in [1.807, 2.05) is 47.4 Å². The largest absolute Gasteiger partial charge is 0.354 e. The Balaban J connectivity index is 1.80. The molecule has 0 aliphatic carbocycles. The number of carbonyl (C=O) groups excluding carboxylic acids is 1. The number of carbonyl (C=O) groups is 1. The zero-order valence-electron chi connectivity index (χ0n) is 15.5. The number of fused-ring (bicyclic) bond motifs is 2. The molecule has 0 fully saturated rings. The van der Waals surface area contributed by atoms with Crippen LogP contribution in [0.1, 0.15) is 27.5 Å². The van der Waals surface area contributed by atoms with Crippen LogP contribution in [0.5, 0.6) is 0 Å². The van der Waals surface area contributed by atoms with Crippen LogP contribution in [0.4, 0.5) is 0 Å². The number of aromatic amines is 1. The first-order chi connectivity index (χ1) is 14.2. The Labute approximate surface area is 182 Å². The number of nitrogens with one attached hydrogen (secondary N) is 1. The minimum Gasteiger partial charge on any atom is -0.354 e. The van der Waals surface area contributed by atoms with Crippen molar-refractivity contribution in [1.29, 1.82) is 0 Å². The third kappa shape index (κ3) is 2.98. The van der Waals surface area contributed by atoms with Crippen molar-refractivity contribution >= 4 is 44.3 Å². The van der Waals surface area contributed by atoms with E-state index in [4.69, 9.17) is 11.6 Å². The molecule has 0 spiro atoms. The van der Waals surface area contributed by atoms with E-state index >= 15 is 0 Å². The van der Waals surface area contributed by atoms with E-state index in [-0.39, 0.29) is 11.9 Å². The lowest BCUT2D eigenvalue weighted by molar-refractivity contribution is 0.0762. The monoisotopic (exact) mass is 464 g/mol. The number of benzene rings is 3. The average molecular weight is 466 g/mol. The summed E-state index contributed by atoms with van der Waals surface area (Å²) in [6, 6.07) is 24.2. The standard InChI is InChI=1S/C24H18BrClN2O/c25-16-11-9-15(10-12-16)22-21(19-7-3-4-8-20(19)27-22)23-17-5-1-2-6-18(17)24(29)28(23)14-13-26/h1-12,23,27H,13-14H2. The molecule has 0 saturated heterocycles. The fraction of sp³-hybridized carbons (Fsp3) is 0.125. The highest BCUT2D eigenvalue weighted by atomic mass is 79.9. The van der Waals surface area contributed by atoms with Gasteiger partial charge in [0.25, 0.3) is 5.91 Å². The number of halogens is 2. The highest BCUT2D eigenvalue weighted by Gasteiger charge is 2.39. The molecule has 4 aromatic rings. The molecular formula is C24H18BrClN2O. The summed E-state index contributed by atoms with van der Waals surface area (Å²) in [5.41, 5.74) is 6.09. The van der Waals surface area contributed by atoms with Crippen LogP contribution in [0.3, 0.4) is 0 Å². The molecule has 1 aromatic heterocycles. The minimum absolute atomic E-state index is 0.0401. The first-order valence-electron chi connectivity index (χ1n) is 9.51. The van der Waals surface area contributed by atoms with Gasteiger partial charge in [-0.2, -0.15) is 0 Å². The second kappa shape index (κ2) is 7.36. The van der Waals surface area contributed by atoms with E-state index in [9.17, 15) is 4.79 Å². The van der Waals surface area contributed by atoms with E-state index in [1.165, 1.54) is 0 Å². The summed E-state index contributed by atoms with van der Waals surface area (Å²) >= 11 is 9.62. The van der Waals surface area contributed by atoms with E-state index in [2.05, 4.69) is 51.2 Å². The number of amides is 1. The van der Waals surface area contributed by atoms with Gasteiger partial charge in [-0.1, -0.05) is 64.5 Å². The van der Waals surface area contributed by atoms with Crippen LogP contribution < -0.4 is 0 Å². The van der Waals surface area contributed by atoms with Crippen LogP contribution in [0.2, 0.25) is 0 Å². The van der Waals surface area contributed by atoms with E-state index in [0.717, 1.165) is 43.3 Å². The van der Waals surface area contributed by atoms with Crippen molar-refractivity contribution in [3.8, 4) is 11.3 Å². The molecule has 3 aromatic carbocycles. The SMILES string of the molecule is O=C1c2ccccc2C(c2c(-c3ccc(Br)cc3)[nH]c3ccccc23)N1CCCl. The topological polar surface area (TPSA) is 36.1 Å². The maximum Gasteiger partial charge on any atom is 0.255 e. The van der Waals surface area contributed by atoms with Gasteiger partial charge in [0.05, 0.1) is 11.7 Å². The Kier molecular flexibility index (Phi) is 4.69. The first-order valence-corrected chi connectivity index (χ1v) is 10.8. The fourth-order valence-corrected chi connectivity index (χ4v) is 4.74. The third-order valence-corrected chi connectivity index (χ3v) is 6.23. The highest BCUT2D eigenvalue weighted by molar-refractivity contribution is 9.10. The molecule has 1 amide bonds. The van der Waals surface area contributed by atoms with Crippen LogP contribution >= 0.6 is 27.5 Å². The molecule has 3 nitrogen and oxygen atoms in total. The van der Waals surface area contributed by atoms with Crippen molar-refractivity contribution in [3.05, 3.63) is 94.0 Å². The number of nitrogens with zero attached hydrogens (tertiary/aromatic N) is 1. The van der Waals surface area contributed by atoms with Gasteiger partial charge < -0.3 is 9.88 Å². The molecule has 1 unspecified atom stereocenters. The molecule has 144 valence electrons. The average Bonchev–Trinajstić information content (AvgIpc) is 3.25. The van der Waals surface area contributed by atoms with E-state index in [1.54, 1.807) is 0 Å². The molecule has 0 radical (unpaired) electrons. The van der Waals surface area contributed by atoms with Crippen molar-refractivity contribution in [3.63, 3.8) is 0 Å². The maximum atomic E-state index is 13.2. The molecule has 2 heterocycles. The molecule has 5 rings (SSSR count). The molecule has 5 heteroatoms. The van der Waals surface area contributed by atoms with Crippen LogP contribution in [0.15, 0.2) is 77.3 Å². The van der Waals surface area contributed by atoms with Crippen LogP contribution in [-0.2, 0) is 0 Å². The van der Waals surface area contributed by atoms with Gasteiger partial charge in [0, 0.05) is 38.9 Å². The van der Waals surface area contributed by atoms with Crippen LogP contribution in [0, 0.1) is 0 Å². The zero-order chi connectivity index (χ0) is 20.0. The summed E-state index contributed by atoms with van der Waals surface area (Å²) in [7, 11) is 0. The number of hydrogen-bond acceptors (Lipinski definition) is 1. The molecule has 29 heavy (non-hydrogen) atoms. The molecule has 1 aliphatic rings. The summed E-state index contributed by atoms with van der Waals surface area (Å²) < 4.78 is 1.03. The maximum absolute atomic E-state index is 13.2. The Hall–Kier alpha value is -2.56. The Bertz CT molecular complexity index is 1220. The normalized spacial score (nSPS) is 15.9. The lowest BCUT2D eigenvalue weighted by Crippen LogP contribution is -2.30. The number of alkyl halides is 1. The second-order valence-electron chi connectivity index (χ2n) is 7.14. The van der Waals surface area contributed by atoms with Gasteiger partial charge in [-0.15, -0.1) is 11.6 Å². The number of hydrogen-bond donors (Lipinski definition) is 1. The van der Waals surface area contributed by atoms with Gasteiger partial charge in [-0.25, -0.2) is 0 Å². The lowest BCUT2D eigenvalue weighted by Gasteiger charge is -2.26. The van der Waals surface area contributed by atoms with Crippen molar-refractivity contribution in [2.45, 2.75) is 6.04 Å². The summed E-state index contributed by atoms with van der Waals surface area (Å²) in [6.07, 6.45) is 0. The molecule has 0 saturated carbocycles. The fourth-order valence-electron chi connectivity index (χ4n) is 4.30. The minimum atomic E-state index is -0.174. The van der Waals surface area contributed by atoms with E-state index < -0.39 is 0 Å². The van der Waals surface area contributed by atoms with Crippen molar-refractivity contribution in [1.82, 2.24) is 9.88 Å². The predicted molar refractivity (Wildman–Crippen MR) is 121 cm³/mol. The van der Waals surface area contributed by atoms with Gasteiger partial charge >= 0.3 is 0 Å². The van der Waals surface area contributed by atoms with Gasteiger partial charge in [0.15, 0.2) is 0 Å². The summed E-state index contributed by atoms with van der Waals surface area (Å²) in [4.78, 5) is 18.7. The smallest absolute Gasteiger partial charge is 0.255 e. The molecule has 1 aliphatic heterocycles. The Morgan fingerprint density at radius 2 is 1.69 bits per heavy atom. The lowest BCUT2D eigenvalue weighted by atomic mass is 9.93. The highest BCUT2D eigenvalue weighted by Crippen LogP contribution is 2.45. The van der Waals surface area contributed by atoms with Crippen molar-refractivity contribution in [2.24, 2.45) is 0 Å². The third-order valence-electron chi connectivity index (χ3n) is 5.54. The predicted octanol–water partition coefficient (Wildman–Crippen LogP) is 6.38. The number of rotatable bonds is 4. The summed E-state index contributed by atoms with van der Waals surface area (Å²) in [5, 5.41) is 1.12. The van der Waals surface area contributed by atoms with Crippen LogP contribution in [-0.4, -0.2) is 28.2 Å². The molecule has 0 bridgehead atoms. The van der Waals surface area contributed by atoms with Crippen molar-refractivity contribution in [2.75, 3.05) is 12.4 Å². The summed E-state index contributed by atoms with van der Waals surface area (Å²) in [5.74, 6) is 0.435. The summed E-state index contributed by atoms with van der Waals surface area (Å²) in [6.45, 7) is 0.499. The Morgan fingerprint density at radius 3 is 2.48 bits per heavy atom. The van der Waals surface area contributed by atoms with Gasteiger partial charge in [-0.05, 0) is 35.4 Å². The molecule has 1 N–H and O–H groups in total. The number of para-hydroxylation sites is 1.